The smallest absolute Gasteiger partial charge is 0.407 e. The van der Waals surface area contributed by atoms with Crippen molar-refractivity contribution in [2.24, 2.45) is 5.92 Å². The Hall–Kier alpha value is -1.85. The number of alkyl carbamates (subject to hydrolysis) is 1. The summed E-state index contributed by atoms with van der Waals surface area (Å²) in [4.78, 5) is 22.6. The van der Waals surface area contributed by atoms with Gasteiger partial charge in [0.1, 0.15) is 11.4 Å². The zero-order valence-electron chi connectivity index (χ0n) is 13.9. The van der Waals surface area contributed by atoms with Gasteiger partial charge in [0, 0.05) is 32.0 Å². The monoisotopic (exact) mass is 306 g/mol. The maximum Gasteiger partial charge on any atom is 0.407 e. The fraction of sp³-hybridized carbons (Fsp3) is 0.688. The second-order valence-electron chi connectivity index (χ2n) is 6.78. The highest BCUT2D eigenvalue weighted by atomic mass is 16.6. The number of piperidine rings is 1. The molecule has 1 aromatic rings. The first-order chi connectivity index (χ1) is 10.3. The van der Waals surface area contributed by atoms with Crippen LogP contribution in [0.2, 0.25) is 0 Å². The number of carbonyl (C=O) groups excluding carboxylic acids is 1. The van der Waals surface area contributed by atoms with Crippen LogP contribution in [0.3, 0.4) is 0 Å². The quantitative estimate of drug-likeness (QED) is 0.929. The zero-order valence-corrected chi connectivity index (χ0v) is 13.9. The van der Waals surface area contributed by atoms with E-state index in [1.54, 1.807) is 12.4 Å². The van der Waals surface area contributed by atoms with Crippen LogP contribution in [-0.2, 0) is 4.74 Å². The molecule has 0 bridgehead atoms. The summed E-state index contributed by atoms with van der Waals surface area (Å²) in [6.07, 6.45) is 5.19. The molecular formula is C16H26N4O2. The highest BCUT2D eigenvalue weighted by Gasteiger charge is 2.23. The minimum atomic E-state index is -0.447. The number of nitrogens with one attached hydrogen (secondary N) is 1. The zero-order chi connectivity index (χ0) is 16.2. The third kappa shape index (κ3) is 4.86. The molecule has 2 heterocycles. The van der Waals surface area contributed by atoms with Gasteiger partial charge in [-0.1, -0.05) is 0 Å². The van der Waals surface area contributed by atoms with Gasteiger partial charge in [0.05, 0.1) is 5.69 Å². The average Bonchev–Trinajstić information content (AvgIpc) is 2.45. The van der Waals surface area contributed by atoms with Gasteiger partial charge in [-0.2, -0.15) is 0 Å². The lowest BCUT2D eigenvalue weighted by molar-refractivity contribution is 0.0517. The van der Waals surface area contributed by atoms with Gasteiger partial charge in [-0.05, 0) is 46.5 Å². The second kappa shape index (κ2) is 6.94. The van der Waals surface area contributed by atoms with Crippen molar-refractivity contribution < 1.29 is 9.53 Å². The summed E-state index contributed by atoms with van der Waals surface area (Å²) in [5, 5.41) is 2.87. The highest BCUT2D eigenvalue weighted by molar-refractivity contribution is 5.67. The van der Waals surface area contributed by atoms with Gasteiger partial charge in [0.15, 0.2) is 0 Å². The molecule has 1 fully saturated rings. The summed E-state index contributed by atoms with van der Waals surface area (Å²) < 4.78 is 5.26. The van der Waals surface area contributed by atoms with Crippen LogP contribution in [0.1, 0.15) is 39.3 Å². The molecule has 1 aliphatic heterocycles. The van der Waals surface area contributed by atoms with Gasteiger partial charge < -0.3 is 15.0 Å². The van der Waals surface area contributed by atoms with Gasteiger partial charge in [0.2, 0.25) is 0 Å². The fourth-order valence-electron chi connectivity index (χ4n) is 2.60. The molecule has 6 heteroatoms. The Morgan fingerprint density at radius 1 is 1.32 bits per heavy atom. The lowest BCUT2D eigenvalue weighted by Gasteiger charge is -2.33. The molecule has 122 valence electrons. The van der Waals surface area contributed by atoms with Gasteiger partial charge >= 0.3 is 6.09 Å². The molecule has 0 spiro atoms. The van der Waals surface area contributed by atoms with Gasteiger partial charge in [0.25, 0.3) is 0 Å². The first-order valence-electron chi connectivity index (χ1n) is 7.84. The molecule has 1 N–H and O–H groups in total. The summed E-state index contributed by atoms with van der Waals surface area (Å²) in [7, 11) is 0. The van der Waals surface area contributed by atoms with Crippen LogP contribution in [0, 0.1) is 12.8 Å². The number of amides is 1. The molecule has 1 saturated heterocycles. The molecule has 22 heavy (non-hydrogen) atoms. The average molecular weight is 306 g/mol. The van der Waals surface area contributed by atoms with E-state index in [1.807, 2.05) is 27.7 Å². The van der Waals surface area contributed by atoms with E-state index in [4.69, 9.17) is 4.74 Å². The summed E-state index contributed by atoms with van der Waals surface area (Å²) in [5.41, 5.74) is 0.518. The van der Waals surface area contributed by atoms with E-state index in [0.717, 1.165) is 37.4 Å². The van der Waals surface area contributed by atoms with Crippen molar-refractivity contribution >= 4 is 11.9 Å². The molecule has 0 aliphatic carbocycles. The molecule has 2 rings (SSSR count). The lowest BCUT2D eigenvalue weighted by Crippen LogP contribution is -2.40. The molecule has 1 amide bonds. The first kappa shape index (κ1) is 16.5. The topological polar surface area (TPSA) is 67.4 Å². The maximum absolute atomic E-state index is 11.7. The standard InChI is InChI=1S/C16H26N4O2/c1-12-14(18-8-7-17-12)20-9-5-13(6-10-20)11-19-15(21)22-16(2,3)4/h7-8,13H,5-6,9-11H2,1-4H3,(H,19,21). The minimum Gasteiger partial charge on any atom is -0.444 e. The number of nitrogens with zero attached hydrogens (tertiary/aromatic N) is 3. The number of aryl methyl sites for hydroxylation is 1. The fourth-order valence-corrected chi connectivity index (χ4v) is 2.60. The number of ether oxygens (including phenoxy) is 1. The Labute approximate surface area is 132 Å². The number of carbonyl (C=O) groups is 1. The molecule has 6 nitrogen and oxygen atoms in total. The van der Waals surface area contributed by atoms with E-state index in [1.165, 1.54) is 0 Å². The van der Waals surface area contributed by atoms with E-state index in [-0.39, 0.29) is 6.09 Å². The van der Waals surface area contributed by atoms with Crippen LogP contribution in [0.25, 0.3) is 0 Å². The van der Waals surface area contributed by atoms with Crippen LogP contribution in [-0.4, -0.2) is 41.3 Å². The van der Waals surface area contributed by atoms with Crippen LogP contribution in [0.15, 0.2) is 12.4 Å². The molecule has 1 aromatic heterocycles. The normalized spacial score (nSPS) is 16.5. The van der Waals surface area contributed by atoms with E-state index >= 15 is 0 Å². The lowest BCUT2D eigenvalue weighted by atomic mass is 9.97. The number of anilines is 1. The van der Waals surface area contributed by atoms with Crippen LogP contribution < -0.4 is 10.2 Å². The molecule has 0 radical (unpaired) electrons. The van der Waals surface area contributed by atoms with E-state index in [9.17, 15) is 4.79 Å². The maximum atomic E-state index is 11.7. The predicted molar refractivity (Wildman–Crippen MR) is 85.9 cm³/mol. The molecule has 0 saturated carbocycles. The Balaban J connectivity index is 1.76. The Bertz CT molecular complexity index is 505. The van der Waals surface area contributed by atoms with Crippen molar-refractivity contribution in [2.75, 3.05) is 24.5 Å². The van der Waals surface area contributed by atoms with Gasteiger partial charge in [-0.3, -0.25) is 4.98 Å². The van der Waals surface area contributed by atoms with Crippen molar-refractivity contribution in [3.8, 4) is 0 Å². The number of hydrogen-bond acceptors (Lipinski definition) is 5. The molecule has 0 unspecified atom stereocenters. The van der Waals surface area contributed by atoms with Crippen LogP contribution in [0.4, 0.5) is 10.6 Å². The predicted octanol–water partition coefficient (Wildman–Crippen LogP) is 2.53. The summed E-state index contributed by atoms with van der Waals surface area (Å²) in [5.74, 6) is 1.46. The summed E-state index contributed by atoms with van der Waals surface area (Å²) in [6, 6.07) is 0. The van der Waals surface area contributed by atoms with Gasteiger partial charge in [-0.15, -0.1) is 0 Å². The summed E-state index contributed by atoms with van der Waals surface area (Å²) >= 11 is 0. The largest absolute Gasteiger partial charge is 0.444 e. The molecule has 1 aliphatic rings. The first-order valence-corrected chi connectivity index (χ1v) is 7.84. The summed E-state index contributed by atoms with van der Waals surface area (Å²) in [6.45, 7) is 10.2. The van der Waals surface area contributed by atoms with E-state index in [2.05, 4.69) is 20.2 Å². The second-order valence-corrected chi connectivity index (χ2v) is 6.78. The molecule has 0 aromatic carbocycles. The highest BCUT2D eigenvalue weighted by Crippen LogP contribution is 2.22. The number of rotatable bonds is 3. The third-order valence-corrected chi connectivity index (χ3v) is 3.70. The molecule has 0 atom stereocenters. The Morgan fingerprint density at radius 3 is 2.55 bits per heavy atom. The third-order valence-electron chi connectivity index (χ3n) is 3.70. The van der Waals surface area contributed by atoms with Crippen molar-refractivity contribution in [1.82, 2.24) is 15.3 Å². The number of hydrogen-bond donors (Lipinski definition) is 1. The van der Waals surface area contributed by atoms with Crippen molar-refractivity contribution in [3.05, 3.63) is 18.1 Å². The number of aromatic nitrogens is 2. The Morgan fingerprint density at radius 2 is 1.95 bits per heavy atom. The van der Waals surface area contributed by atoms with E-state index in [0.29, 0.717) is 12.5 Å². The van der Waals surface area contributed by atoms with E-state index < -0.39 is 5.60 Å². The van der Waals surface area contributed by atoms with Crippen LogP contribution >= 0.6 is 0 Å². The van der Waals surface area contributed by atoms with Gasteiger partial charge in [-0.25, -0.2) is 9.78 Å². The van der Waals surface area contributed by atoms with Crippen molar-refractivity contribution in [1.29, 1.82) is 0 Å². The minimum absolute atomic E-state index is 0.334. The SMILES string of the molecule is Cc1nccnc1N1CCC(CNC(=O)OC(C)(C)C)CC1. The van der Waals surface area contributed by atoms with Crippen molar-refractivity contribution in [2.45, 2.75) is 46.1 Å². The van der Waals surface area contributed by atoms with Crippen molar-refractivity contribution in [3.63, 3.8) is 0 Å². The van der Waals surface area contributed by atoms with Crippen LogP contribution in [0.5, 0.6) is 0 Å². The Kier molecular flexibility index (Phi) is 5.21. The molecular weight excluding hydrogens is 280 g/mol.